The third-order valence-electron chi connectivity index (χ3n) is 4.91. The molecule has 3 aromatic carbocycles. The Morgan fingerprint density at radius 2 is 1.71 bits per heavy atom. The number of benzene rings is 3. The Bertz CT molecular complexity index is 1090. The van der Waals surface area contributed by atoms with Crippen molar-refractivity contribution in [1.82, 2.24) is 10.3 Å². The summed E-state index contributed by atoms with van der Waals surface area (Å²) in [5.74, 6) is 0.374. The highest BCUT2D eigenvalue weighted by Crippen LogP contribution is 2.29. The lowest BCUT2D eigenvalue weighted by molar-refractivity contribution is -0.131. The highest BCUT2D eigenvalue weighted by atomic mass is 16.5. The van der Waals surface area contributed by atoms with Crippen LogP contribution in [-0.2, 0) is 10.3 Å². The van der Waals surface area contributed by atoms with Gasteiger partial charge in [0.15, 0.2) is 0 Å². The first-order chi connectivity index (χ1) is 13.5. The van der Waals surface area contributed by atoms with Gasteiger partial charge in [-0.1, -0.05) is 48.5 Å². The number of rotatable bonds is 4. The number of carbonyl (C=O) groups excluding carboxylic acids is 2. The van der Waals surface area contributed by atoms with Crippen molar-refractivity contribution in [2.75, 3.05) is 7.11 Å². The summed E-state index contributed by atoms with van der Waals surface area (Å²) < 4.78 is 5.23. The number of amides is 3. The lowest BCUT2D eigenvalue weighted by Crippen LogP contribution is -2.40. The van der Waals surface area contributed by atoms with Crippen LogP contribution < -0.4 is 10.1 Å². The van der Waals surface area contributed by atoms with Crippen molar-refractivity contribution in [2.45, 2.75) is 12.5 Å². The SMILES string of the molecule is COc1ccc2cc(/C=N\N3C(=O)N[C@](C)(c4ccccc4)C3=O)ccc2c1. The minimum absolute atomic E-state index is 0.412. The molecule has 1 atom stereocenters. The molecule has 1 aliphatic heterocycles. The van der Waals surface area contributed by atoms with Gasteiger partial charge in [0.1, 0.15) is 11.3 Å². The van der Waals surface area contributed by atoms with E-state index in [4.69, 9.17) is 4.74 Å². The fourth-order valence-electron chi connectivity index (χ4n) is 3.27. The molecule has 3 aromatic rings. The van der Waals surface area contributed by atoms with Crippen molar-refractivity contribution in [3.05, 3.63) is 77.9 Å². The summed E-state index contributed by atoms with van der Waals surface area (Å²) in [6, 6.07) is 20.1. The van der Waals surface area contributed by atoms with Gasteiger partial charge in [-0.2, -0.15) is 5.10 Å². The van der Waals surface area contributed by atoms with E-state index >= 15 is 0 Å². The number of carbonyl (C=O) groups is 2. The molecule has 3 amide bonds. The Morgan fingerprint density at radius 1 is 1.00 bits per heavy atom. The second kappa shape index (κ2) is 6.81. The number of ether oxygens (including phenoxy) is 1. The second-order valence-electron chi connectivity index (χ2n) is 6.76. The summed E-state index contributed by atoms with van der Waals surface area (Å²) in [4.78, 5) is 25.2. The highest BCUT2D eigenvalue weighted by Gasteiger charge is 2.49. The van der Waals surface area contributed by atoms with E-state index in [1.807, 2.05) is 66.7 Å². The van der Waals surface area contributed by atoms with Gasteiger partial charge in [0, 0.05) is 0 Å². The second-order valence-corrected chi connectivity index (χ2v) is 6.76. The molecule has 6 heteroatoms. The number of fused-ring (bicyclic) bond motifs is 1. The van der Waals surface area contributed by atoms with Crippen LogP contribution in [0.1, 0.15) is 18.1 Å². The zero-order valence-electron chi connectivity index (χ0n) is 15.5. The van der Waals surface area contributed by atoms with Crippen molar-refractivity contribution in [1.29, 1.82) is 0 Å². The summed E-state index contributed by atoms with van der Waals surface area (Å²) in [6.07, 6.45) is 1.51. The largest absolute Gasteiger partial charge is 0.497 e. The van der Waals surface area contributed by atoms with Crippen LogP contribution in [0.3, 0.4) is 0 Å². The molecule has 1 aliphatic rings. The number of imide groups is 1. The number of methoxy groups -OCH3 is 1. The predicted octanol–water partition coefficient (Wildman–Crippen LogP) is 3.65. The smallest absolute Gasteiger partial charge is 0.346 e. The van der Waals surface area contributed by atoms with E-state index in [0.29, 0.717) is 5.56 Å². The van der Waals surface area contributed by atoms with Crippen molar-refractivity contribution >= 4 is 28.9 Å². The Morgan fingerprint density at radius 3 is 2.46 bits per heavy atom. The third-order valence-corrected chi connectivity index (χ3v) is 4.91. The van der Waals surface area contributed by atoms with Gasteiger partial charge in [-0.3, -0.25) is 4.79 Å². The third kappa shape index (κ3) is 2.99. The van der Waals surface area contributed by atoms with Gasteiger partial charge in [-0.15, -0.1) is 5.01 Å². The van der Waals surface area contributed by atoms with Gasteiger partial charge < -0.3 is 10.1 Å². The zero-order chi connectivity index (χ0) is 19.7. The van der Waals surface area contributed by atoms with Crippen LogP contribution in [-0.4, -0.2) is 30.3 Å². The van der Waals surface area contributed by atoms with E-state index in [2.05, 4.69) is 10.4 Å². The number of nitrogens with one attached hydrogen (secondary N) is 1. The maximum atomic E-state index is 12.9. The first kappa shape index (κ1) is 17.7. The van der Waals surface area contributed by atoms with E-state index < -0.39 is 17.5 Å². The van der Waals surface area contributed by atoms with Crippen LogP contribution in [0.2, 0.25) is 0 Å². The van der Waals surface area contributed by atoms with Crippen LogP contribution in [0, 0.1) is 0 Å². The molecule has 1 fully saturated rings. The van der Waals surface area contributed by atoms with Gasteiger partial charge >= 0.3 is 6.03 Å². The van der Waals surface area contributed by atoms with Crippen LogP contribution in [0.25, 0.3) is 10.8 Å². The Balaban J connectivity index is 1.60. The number of nitrogens with zero attached hydrogens (tertiary/aromatic N) is 2. The van der Waals surface area contributed by atoms with E-state index in [9.17, 15) is 9.59 Å². The minimum atomic E-state index is -1.13. The number of hydrogen-bond acceptors (Lipinski definition) is 4. The molecule has 0 aromatic heterocycles. The normalized spacial score (nSPS) is 19.4. The van der Waals surface area contributed by atoms with Gasteiger partial charge in [0.05, 0.1) is 13.3 Å². The monoisotopic (exact) mass is 373 g/mol. The summed E-state index contributed by atoms with van der Waals surface area (Å²) in [5, 5.41) is 9.79. The first-order valence-corrected chi connectivity index (χ1v) is 8.85. The summed E-state index contributed by atoms with van der Waals surface area (Å²) in [6.45, 7) is 1.68. The molecule has 28 heavy (non-hydrogen) atoms. The Kier molecular flexibility index (Phi) is 4.31. The predicted molar refractivity (Wildman–Crippen MR) is 107 cm³/mol. The van der Waals surface area contributed by atoms with Gasteiger partial charge in [0.2, 0.25) is 0 Å². The molecule has 4 rings (SSSR count). The van der Waals surface area contributed by atoms with E-state index in [1.54, 1.807) is 14.0 Å². The molecule has 0 saturated carbocycles. The quantitative estimate of drug-likeness (QED) is 0.561. The molecule has 140 valence electrons. The van der Waals surface area contributed by atoms with Crippen LogP contribution >= 0.6 is 0 Å². The van der Waals surface area contributed by atoms with Crippen LogP contribution in [0.15, 0.2) is 71.8 Å². The Hall–Kier alpha value is -3.67. The molecule has 0 aliphatic carbocycles. The summed E-state index contributed by atoms with van der Waals surface area (Å²) in [5.41, 5.74) is 0.368. The molecule has 1 N–H and O–H groups in total. The average molecular weight is 373 g/mol. The first-order valence-electron chi connectivity index (χ1n) is 8.85. The highest BCUT2D eigenvalue weighted by molar-refractivity contribution is 6.07. The Labute approximate surface area is 162 Å². The van der Waals surface area contributed by atoms with Crippen LogP contribution in [0.5, 0.6) is 5.75 Å². The van der Waals surface area contributed by atoms with Gasteiger partial charge in [-0.25, -0.2) is 4.79 Å². The fraction of sp³-hybridized carbons (Fsp3) is 0.136. The maximum Gasteiger partial charge on any atom is 0.346 e. The van der Waals surface area contributed by atoms with E-state index in [1.165, 1.54) is 6.21 Å². The van der Waals surface area contributed by atoms with Crippen molar-refractivity contribution < 1.29 is 14.3 Å². The van der Waals surface area contributed by atoms with E-state index in [-0.39, 0.29) is 0 Å². The lowest BCUT2D eigenvalue weighted by Gasteiger charge is -2.20. The van der Waals surface area contributed by atoms with Gasteiger partial charge in [0.25, 0.3) is 5.91 Å². The van der Waals surface area contributed by atoms with Crippen molar-refractivity contribution in [3.8, 4) is 5.75 Å². The molecule has 0 radical (unpaired) electrons. The summed E-state index contributed by atoms with van der Waals surface area (Å²) in [7, 11) is 1.63. The molecule has 0 unspecified atom stereocenters. The van der Waals surface area contributed by atoms with Crippen molar-refractivity contribution in [3.63, 3.8) is 0 Å². The lowest BCUT2D eigenvalue weighted by atomic mass is 9.92. The molecule has 0 spiro atoms. The number of hydrazone groups is 1. The molecule has 1 saturated heterocycles. The van der Waals surface area contributed by atoms with Gasteiger partial charge in [-0.05, 0) is 47.0 Å². The molecule has 0 bridgehead atoms. The van der Waals surface area contributed by atoms with Crippen molar-refractivity contribution in [2.24, 2.45) is 5.10 Å². The molecule has 1 heterocycles. The van der Waals surface area contributed by atoms with Crippen LogP contribution in [0.4, 0.5) is 4.79 Å². The van der Waals surface area contributed by atoms with E-state index in [0.717, 1.165) is 27.1 Å². The number of urea groups is 1. The molecule has 6 nitrogen and oxygen atoms in total. The average Bonchev–Trinajstić information content (AvgIpc) is 2.95. The topological polar surface area (TPSA) is 71.0 Å². The number of hydrogen-bond donors (Lipinski definition) is 1. The molecular weight excluding hydrogens is 354 g/mol. The fourth-order valence-corrected chi connectivity index (χ4v) is 3.27. The molecular formula is C22H19N3O3. The zero-order valence-corrected chi connectivity index (χ0v) is 15.5. The summed E-state index contributed by atoms with van der Waals surface area (Å²) >= 11 is 0. The minimum Gasteiger partial charge on any atom is -0.497 e. The standard InChI is InChI=1S/C22H19N3O3/c1-22(18-6-4-3-5-7-18)20(26)25(21(27)24-22)23-14-15-8-9-17-13-19(28-2)11-10-16(17)12-15/h3-14H,1-2H3,(H,24,27)/b23-14-/t22-/m1/s1. The maximum absolute atomic E-state index is 12.9.